The molecule has 0 aliphatic carbocycles. The molecule has 90 valence electrons. The average molecular weight is 239 g/mol. The molecule has 1 aromatic heterocycles. The first kappa shape index (κ1) is 10.7. The van der Waals surface area contributed by atoms with Gasteiger partial charge in [0.1, 0.15) is 18.1 Å². The summed E-state index contributed by atoms with van der Waals surface area (Å²) < 4.78 is 5.68. The van der Waals surface area contributed by atoms with E-state index in [-0.39, 0.29) is 5.75 Å². The molecule has 0 saturated carbocycles. The lowest BCUT2D eigenvalue weighted by atomic mass is 10.1. The predicted molar refractivity (Wildman–Crippen MR) is 70.7 cm³/mol. The number of H-pyrrole nitrogens is 1. The van der Waals surface area contributed by atoms with Crippen molar-refractivity contribution in [3.8, 4) is 11.5 Å². The Morgan fingerprint density at radius 2 is 1.83 bits per heavy atom. The third-order valence-corrected chi connectivity index (χ3v) is 2.90. The molecular weight excluding hydrogens is 226 g/mol. The number of aromatic nitrogens is 1. The molecule has 0 atom stereocenters. The molecular formula is C15H13NO2. The van der Waals surface area contributed by atoms with Crippen LogP contribution in [0.3, 0.4) is 0 Å². The van der Waals surface area contributed by atoms with Gasteiger partial charge in [0.25, 0.3) is 0 Å². The van der Waals surface area contributed by atoms with Gasteiger partial charge >= 0.3 is 0 Å². The van der Waals surface area contributed by atoms with E-state index in [4.69, 9.17) is 4.74 Å². The lowest BCUT2D eigenvalue weighted by Crippen LogP contribution is -1.93. The SMILES string of the molecule is Oc1cccc2[nH]cc(COc3ccccc3)c12. The molecule has 3 aromatic rings. The van der Waals surface area contributed by atoms with E-state index in [0.29, 0.717) is 6.61 Å². The topological polar surface area (TPSA) is 45.2 Å². The molecule has 0 bridgehead atoms. The summed E-state index contributed by atoms with van der Waals surface area (Å²) in [6.45, 7) is 0.432. The quantitative estimate of drug-likeness (QED) is 0.735. The number of aromatic amines is 1. The van der Waals surface area contributed by atoms with E-state index in [1.54, 1.807) is 6.07 Å². The summed E-state index contributed by atoms with van der Waals surface area (Å²) >= 11 is 0. The maximum absolute atomic E-state index is 9.86. The third-order valence-electron chi connectivity index (χ3n) is 2.90. The molecule has 1 heterocycles. The number of phenolic OH excluding ortho intramolecular Hbond substituents is 1. The van der Waals surface area contributed by atoms with Crippen LogP contribution in [0.5, 0.6) is 11.5 Å². The number of ether oxygens (including phenoxy) is 1. The fraction of sp³-hybridized carbons (Fsp3) is 0.0667. The van der Waals surface area contributed by atoms with Gasteiger partial charge in [-0.1, -0.05) is 24.3 Å². The van der Waals surface area contributed by atoms with Gasteiger partial charge < -0.3 is 14.8 Å². The van der Waals surface area contributed by atoms with Crippen molar-refractivity contribution in [3.05, 3.63) is 60.3 Å². The maximum Gasteiger partial charge on any atom is 0.125 e. The normalized spacial score (nSPS) is 10.7. The number of aromatic hydroxyl groups is 1. The molecule has 0 unspecified atom stereocenters. The fourth-order valence-electron chi connectivity index (χ4n) is 2.03. The second kappa shape index (κ2) is 4.45. The Morgan fingerprint density at radius 1 is 1.00 bits per heavy atom. The highest BCUT2D eigenvalue weighted by molar-refractivity contribution is 5.88. The number of nitrogens with one attached hydrogen (secondary N) is 1. The van der Waals surface area contributed by atoms with Crippen molar-refractivity contribution in [2.75, 3.05) is 0 Å². The first-order chi connectivity index (χ1) is 8.84. The maximum atomic E-state index is 9.86. The van der Waals surface area contributed by atoms with Gasteiger partial charge in [0, 0.05) is 22.7 Å². The van der Waals surface area contributed by atoms with Crippen LogP contribution in [0, 0.1) is 0 Å². The zero-order valence-electron chi connectivity index (χ0n) is 9.76. The Kier molecular flexibility index (Phi) is 2.65. The Morgan fingerprint density at radius 3 is 2.67 bits per heavy atom. The van der Waals surface area contributed by atoms with Gasteiger partial charge in [-0.15, -0.1) is 0 Å². The van der Waals surface area contributed by atoms with Gasteiger partial charge in [0.2, 0.25) is 0 Å². The monoisotopic (exact) mass is 239 g/mol. The van der Waals surface area contributed by atoms with E-state index < -0.39 is 0 Å². The summed E-state index contributed by atoms with van der Waals surface area (Å²) in [5, 5.41) is 10.7. The number of benzene rings is 2. The minimum atomic E-state index is 0.278. The predicted octanol–water partition coefficient (Wildman–Crippen LogP) is 3.45. The molecule has 0 fully saturated rings. The van der Waals surface area contributed by atoms with Crippen LogP contribution in [0.4, 0.5) is 0 Å². The number of para-hydroxylation sites is 1. The largest absolute Gasteiger partial charge is 0.507 e. The lowest BCUT2D eigenvalue weighted by molar-refractivity contribution is 0.307. The number of phenols is 1. The third kappa shape index (κ3) is 1.91. The van der Waals surface area contributed by atoms with Crippen LogP contribution in [0.15, 0.2) is 54.7 Å². The Labute approximate surface area is 105 Å². The van der Waals surface area contributed by atoms with Crippen molar-refractivity contribution in [3.63, 3.8) is 0 Å². The number of fused-ring (bicyclic) bond motifs is 1. The molecule has 0 aliphatic heterocycles. The Hall–Kier alpha value is -2.42. The molecule has 0 spiro atoms. The zero-order chi connectivity index (χ0) is 12.4. The van der Waals surface area contributed by atoms with Gasteiger partial charge in [-0.3, -0.25) is 0 Å². The molecule has 3 nitrogen and oxygen atoms in total. The van der Waals surface area contributed by atoms with Crippen molar-refractivity contribution >= 4 is 10.9 Å². The van der Waals surface area contributed by atoms with Gasteiger partial charge in [0.15, 0.2) is 0 Å². The molecule has 3 rings (SSSR count). The minimum Gasteiger partial charge on any atom is -0.507 e. The van der Waals surface area contributed by atoms with Gasteiger partial charge in [-0.05, 0) is 24.3 Å². The van der Waals surface area contributed by atoms with Crippen molar-refractivity contribution in [1.29, 1.82) is 0 Å². The first-order valence-corrected chi connectivity index (χ1v) is 5.80. The zero-order valence-corrected chi connectivity index (χ0v) is 9.76. The second-order valence-corrected chi connectivity index (χ2v) is 4.12. The Balaban J connectivity index is 1.87. The highest BCUT2D eigenvalue weighted by atomic mass is 16.5. The van der Waals surface area contributed by atoms with Gasteiger partial charge in [-0.25, -0.2) is 0 Å². The van der Waals surface area contributed by atoms with E-state index in [1.807, 2.05) is 48.7 Å². The summed E-state index contributed by atoms with van der Waals surface area (Å²) in [5.41, 5.74) is 1.87. The molecule has 0 amide bonds. The number of hydrogen-bond donors (Lipinski definition) is 2. The van der Waals surface area contributed by atoms with E-state index in [9.17, 15) is 5.11 Å². The van der Waals surface area contributed by atoms with Gasteiger partial charge in [0.05, 0.1) is 0 Å². The average Bonchev–Trinajstić information content (AvgIpc) is 2.82. The van der Waals surface area contributed by atoms with E-state index >= 15 is 0 Å². The van der Waals surface area contributed by atoms with Crippen LogP contribution >= 0.6 is 0 Å². The van der Waals surface area contributed by atoms with Crippen molar-refractivity contribution < 1.29 is 9.84 Å². The van der Waals surface area contributed by atoms with Crippen LogP contribution in [0.2, 0.25) is 0 Å². The second-order valence-electron chi connectivity index (χ2n) is 4.12. The summed E-state index contributed by atoms with van der Waals surface area (Å²) in [4.78, 5) is 3.13. The summed E-state index contributed by atoms with van der Waals surface area (Å²) in [5.74, 6) is 1.10. The van der Waals surface area contributed by atoms with Crippen LogP contribution < -0.4 is 4.74 Å². The number of rotatable bonds is 3. The highest BCUT2D eigenvalue weighted by Crippen LogP contribution is 2.28. The molecule has 0 radical (unpaired) electrons. The molecule has 2 aromatic carbocycles. The van der Waals surface area contributed by atoms with Crippen molar-refractivity contribution in [2.45, 2.75) is 6.61 Å². The van der Waals surface area contributed by atoms with Crippen LogP contribution in [-0.4, -0.2) is 10.1 Å². The molecule has 0 aliphatic rings. The standard InChI is InChI=1S/C15H13NO2/c17-14-8-4-7-13-15(14)11(9-16-13)10-18-12-5-2-1-3-6-12/h1-9,16-17H,10H2. The molecule has 2 N–H and O–H groups in total. The van der Waals surface area contributed by atoms with Crippen molar-refractivity contribution in [2.24, 2.45) is 0 Å². The van der Waals surface area contributed by atoms with E-state index in [0.717, 1.165) is 22.2 Å². The fourth-order valence-corrected chi connectivity index (χ4v) is 2.03. The number of hydrogen-bond acceptors (Lipinski definition) is 2. The first-order valence-electron chi connectivity index (χ1n) is 5.80. The van der Waals surface area contributed by atoms with Crippen molar-refractivity contribution in [1.82, 2.24) is 4.98 Å². The van der Waals surface area contributed by atoms with E-state index in [2.05, 4.69) is 4.98 Å². The molecule has 18 heavy (non-hydrogen) atoms. The summed E-state index contributed by atoms with van der Waals surface area (Å²) in [6, 6.07) is 15.1. The summed E-state index contributed by atoms with van der Waals surface area (Å²) in [6.07, 6.45) is 1.87. The lowest BCUT2D eigenvalue weighted by Gasteiger charge is -2.05. The van der Waals surface area contributed by atoms with Crippen LogP contribution in [0.1, 0.15) is 5.56 Å². The minimum absolute atomic E-state index is 0.278. The smallest absolute Gasteiger partial charge is 0.125 e. The molecule has 3 heteroatoms. The summed E-state index contributed by atoms with van der Waals surface area (Å²) in [7, 11) is 0. The van der Waals surface area contributed by atoms with Crippen LogP contribution in [0.25, 0.3) is 10.9 Å². The van der Waals surface area contributed by atoms with E-state index in [1.165, 1.54) is 0 Å². The van der Waals surface area contributed by atoms with Gasteiger partial charge in [-0.2, -0.15) is 0 Å². The highest BCUT2D eigenvalue weighted by Gasteiger charge is 2.08. The Bertz CT molecular complexity index is 659. The van der Waals surface area contributed by atoms with Crippen LogP contribution in [-0.2, 0) is 6.61 Å². The molecule has 0 saturated heterocycles.